The molecule has 0 saturated carbocycles. The fourth-order valence-corrected chi connectivity index (χ4v) is 0.784. The second-order valence-corrected chi connectivity index (χ2v) is 2.87. The van der Waals surface area contributed by atoms with Gasteiger partial charge in [-0.25, -0.2) is 5.06 Å². The molecule has 0 bridgehead atoms. The van der Waals surface area contributed by atoms with E-state index in [-0.39, 0.29) is 18.2 Å². The van der Waals surface area contributed by atoms with Crippen molar-refractivity contribution >= 4 is 11.7 Å². The summed E-state index contributed by atoms with van der Waals surface area (Å²) in [6.07, 6.45) is 1.43. The van der Waals surface area contributed by atoms with Crippen molar-refractivity contribution in [2.75, 3.05) is 20.7 Å². The molecule has 0 atom stereocenters. The number of carbonyl (C=O) groups is 2. The fraction of sp³-hybridized carbons (Fsp3) is 0.556. The third-order valence-electron chi connectivity index (χ3n) is 1.56. The van der Waals surface area contributed by atoms with Crippen LogP contribution in [-0.2, 0) is 14.4 Å². The molecule has 0 rings (SSSR count). The molecule has 5 nitrogen and oxygen atoms in total. The van der Waals surface area contributed by atoms with Crippen LogP contribution in [0.3, 0.4) is 0 Å². The maximum Gasteiger partial charge on any atom is 0.265 e. The van der Waals surface area contributed by atoms with E-state index in [2.05, 4.69) is 10.2 Å². The smallest absolute Gasteiger partial charge is 0.265 e. The number of nitrogens with one attached hydrogen (secondary N) is 1. The minimum atomic E-state index is -0.205. The SMILES string of the molecule is CON(C)C(=O)CNC(C)=CC(C)=O. The van der Waals surface area contributed by atoms with Gasteiger partial charge in [-0.05, 0) is 19.9 Å². The van der Waals surface area contributed by atoms with Gasteiger partial charge in [-0.2, -0.15) is 0 Å². The van der Waals surface area contributed by atoms with Gasteiger partial charge >= 0.3 is 0 Å². The molecule has 14 heavy (non-hydrogen) atoms. The number of hydrogen-bond acceptors (Lipinski definition) is 4. The lowest BCUT2D eigenvalue weighted by Gasteiger charge is -2.14. The van der Waals surface area contributed by atoms with E-state index in [0.717, 1.165) is 5.06 Å². The maximum atomic E-state index is 11.2. The van der Waals surface area contributed by atoms with Crippen molar-refractivity contribution < 1.29 is 14.4 Å². The van der Waals surface area contributed by atoms with Crippen molar-refractivity contribution in [2.45, 2.75) is 13.8 Å². The molecule has 0 aromatic heterocycles. The predicted octanol–water partition coefficient (Wildman–Crippen LogP) is 0.0886. The number of hydroxylamine groups is 2. The second kappa shape index (κ2) is 6.15. The Bertz CT molecular complexity index is 248. The van der Waals surface area contributed by atoms with Crippen LogP contribution in [0.15, 0.2) is 11.8 Å². The lowest BCUT2D eigenvalue weighted by molar-refractivity contribution is -0.167. The molecule has 0 aromatic carbocycles. The molecule has 0 aliphatic rings. The summed E-state index contributed by atoms with van der Waals surface area (Å²) in [6, 6.07) is 0. The molecule has 80 valence electrons. The van der Waals surface area contributed by atoms with Crippen LogP contribution in [0.1, 0.15) is 13.8 Å². The molecule has 0 spiro atoms. The molecule has 0 aliphatic heterocycles. The molecule has 0 saturated heterocycles. The average Bonchev–Trinajstić information content (AvgIpc) is 2.11. The first-order valence-electron chi connectivity index (χ1n) is 4.20. The molecule has 0 aromatic rings. The molecular formula is C9H16N2O3. The second-order valence-electron chi connectivity index (χ2n) is 2.87. The van der Waals surface area contributed by atoms with Crippen LogP contribution in [0.5, 0.6) is 0 Å². The largest absolute Gasteiger partial charge is 0.380 e. The van der Waals surface area contributed by atoms with Crippen molar-refractivity contribution in [2.24, 2.45) is 0 Å². The van der Waals surface area contributed by atoms with Crippen LogP contribution >= 0.6 is 0 Å². The van der Waals surface area contributed by atoms with E-state index in [1.54, 1.807) is 6.92 Å². The molecule has 0 aliphatic carbocycles. The van der Waals surface area contributed by atoms with Crippen molar-refractivity contribution in [3.63, 3.8) is 0 Å². The molecule has 0 unspecified atom stereocenters. The average molecular weight is 200 g/mol. The minimum Gasteiger partial charge on any atom is -0.380 e. The summed E-state index contributed by atoms with van der Waals surface area (Å²) in [5, 5.41) is 3.92. The van der Waals surface area contributed by atoms with Crippen LogP contribution in [0.2, 0.25) is 0 Å². The van der Waals surface area contributed by atoms with Crippen molar-refractivity contribution in [3.8, 4) is 0 Å². The standard InChI is InChI=1S/C9H16N2O3/c1-7(5-8(2)12)10-6-9(13)11(3)14-4/h5,10H,6H2,1-4H3. The Kier molecular flexibility index (Phi) is 5.55. The monoisotopic (exact) mass is 200 g/mol. The highest BCUT2D eigenvalue weighted by atomic mass is 16.7. The highest BCUT2D eigenvalue weighted by Gasteiger charge is 2.06. The van der Waals surface area contributed by atoms with Crippen molar-refractivity contribution in [1.82, 2.24) is 10.4 Å². The summed E-state index contributed by atoms with van der Waals surface area (Å²) in [6.45, 7) is 3.29. The Hall–Kier alpha value is -1.36. The molecular weight excluding hydrogens is 184 g/mol. The van der Waals surface area contributed by atoms with Gasteiger partial charge in [0.05, 0.1) is 13.7 Å². The summed E-state index contributed by atoms with van der Waals surface area (Å²) in [5.41, 5.74) is 0.662. The van der Waals surface area contributed by atoms with E-state index in [9.17, 15) is 9.59 Å². The van der Waals surface area contributed by atoms with Crippen LogP contribution in [-0.4, -0.2) is 37.5 Å². The Morgan fingerprint density at radius 3 is 2.43 bits per heavy atom. The zero-order chi connectivity index (χ0) is 11.1. The van der Waals surface area contributed by atoms with Gasteiger partial charge < -0.3 is 5.32 Å². The van der Waals surface area contributed by atoms with Gasteiger partial charge in [-0.3, -0.25) is 14.4 Å². The van der Waals surface area contributed by atoms with Crippen LogP contribution in [0.4, 0.5) is 0 Å². The normalized spacial score (nSPS) is 11.0. The number of allylic oxidation sites excluding steroid dienone is 2. The highest BCUT2D eigenvalue weighted by Crippen LogP contribution is 1.88. The van der Waals surface area contributed by atoms with Crippen molar-refractivity contribution in [3.05, 3.63) is 11.8 Å². The van der Waals surface area contributed by atoms with Gasteiger partial charge in [0.25, 0.3) is 5.91 Å². The number of amides is 1. The van der Waals surface area contributed by atoms with E-state index < -0.39 is 0 Å². The van der Waals surface area contributed by atoms with Gasteiger partial charge in [-0.1, -0.05) is 0 Å². The van der Waals surface area contributed by atoms with E-state index >= 15 is 0 Å². The molecule has 5 heteroatoms. The van der Waals surface area contributed by atoms with Crippen molar-refractivity contribution in [1.29, 1.82) is 0 Å². The zero-order valence-corrected chi connectivity index (χ0v) is 8.96. The molecule has 1 amide bonds. The number of likely N-dealkylation sites (N-methyl/N-ethyl adjacent to an activating group) is 1. The van der Waals surface area contributed by atoms with Crippen LogP contribution in [0, 0.1) is 0 Å². The third-order valence-corrected chi connectivity index (χ3v) is 1.56. The molecule has 0 radical (unpaired) electrons. The Morgan fingerprint density at radius 2 is 2.00 bits per heavy atom. The van der Waals surface area contributed by atoms with Crippen LogP contribution < -0.4 is 5.32 Å². The predicted molar refractivity (Wildman–Crippen MR) is 52.2 cm³/mol. The molecule has 0 heterocycles. The van der Waals surface area contributed by atoms with Gasteiger partial charge in [0.1, 0.15) is 0 Å². The number of carbonyl (C=O) groups excluding carboxylic acids is 2. The van der Waals surface area contributed by atoms with Gasteiger partial charge in [0, 0.05) is 12.7 Å². The Labute approximate surface area is 83.7 Å². The van der Waals surface area contributed by atoms with Gasteiger partial charge in [-0.15, -0.1) is 0 Å². The minimum absolute atomic E-state index is 0.0532. The summed E-state index contributed by atoms with van der Waals surface area (Å²) in [5.74, 6) is -0.258. The summed E-state index contributed by atoms with van der Waals surface area (Å²) in [4.78, 5) is 26.5. The Morgan fingerprint density at radius 1 is 1.43 bits per heavy atom. The zero-order valence-electron chi connectivity index (χ0n) is 8.96. The summed E-state index contributed by atoms with van der Waals surface area (Å²) in [7, 11) is 2.93. The topological polar surface area (TPSA) is 58.6 Å². The fourth-order valence-electron chi connectivity index (χ4n) is 0.784. The molecule has 0 fully saturated rings. The Balaban J connectivity index is 3.94. The first-order chi connectivity index (χ1) is 6.47. The van der Waals surface area contributed by atoms with Gasteiger partial charge in [0.2, 0.25) is 0 Å². The molecule has 1 N–H and O–H groups in total. The summed E-state index contributed by atoms with van der Waals surface area (Å²) >= 11 is 0. The maximum absolute atomic E-state index is 11.2. The van der Waals surface area contributed by atoms with E-state index in [4.69, 9.17) is 0 Å². The number of rotatable bonds is 5. The lowest BCUT2D eigenvalue weighted by Crippen LogP contribution is -2.34. The number of ketones is 1. The highest BCUT2D eigenvalue weighted by molar-refractivity contribution is 5.87. The number of nitrogens with zero attached hydrogens (tertiary/aromatic N) is 1. The summed E-state index contributed by atoms with van der Waals surface area (Å²) < 4.78 is 0. The first kappa shape index (κ1) is 12.6. The van der Waals surface area contributed by atoms with E-state index in [1.807, 2.05) is 0 Å². The van der Waals surface area contributed by atoms with E-state index in [0.29, 0.717) is 5.70 Å². The van der Waals surface area contributed by atoms with Crippen LogP contribution in [0.25, 0.3) is 0 Å². The third kappa shape index (κ3) is 5.31. The quantitative estimate of drug-likeness (QED) is 0.504. The van der Waals surface area contributed by atoms with Gasteiger partial charge in [0.15, 0.2) is 5.78 Å². The number of hydrogen-bond donors (Lipinski definition) is 1. The first-order valence-corrected chi connectivity index (χ1v) is 4.20. The lowest BCUT2D eigenvalue weighted by atomic mass is 10.3. The van der Waals surface area contributed by atoms with E-state index in [1.165, 1.54) is 27.2 Å².